The van der Waals surface area contributed by atoms with Crippen LogP contribution in [0.3, 0.4) is 0 Å². The Morgan fingerprint density at radius 2 is 1.19 bits per heavy atom. The van der Waals surface area contributed by atoms with Gasteiger partial charge in [0.2, 0.25) is 21.8 Å². The number of ether oxygens (including phenoxy) is 1. The Morgan fingerprint density at radius 3 is 1.69 bits per heavy atom. The molecular weight excluding hydrogens is 961 g/mol. The van der Waals surface area contributed by atoms with Gasteiger partial charge in [-0.2, -0.15) is 4.31 Å². The Labute approximate surface area is 435 Å². The van der Waals surface area contributed by atoms with Crippen LogP contribution in [0.4, 0.5) is 5.69 Å². The van der Waals surface area contributed by atoms with Crippen molar-refractivity contribution in [3.8, 4) is 5.75 Å². The molecular formula is C56H88N4O9SSi2. The van der Waals surface area contributed by atoms with Crippen LogP contribution >= 0.6 is 0 Å². The van der Waals surface area contributed by atoms with E-state index in [9.17, 15) is 23.3 Å². The van der Waals surface area contributed by atoms with E-state index in [-0.39, 0.29) is 38.4 Å². The number of carbonyl (C=O) groups excluding carboxylic acids is 2. The van der Waals surface area contributed by atoms with Gasteiger partial charge in [0.1, 0.15) is 18.4 Å². The molecule has 16 heteroatoms. The summed E-state index contributed by atoms with van der Waals surface area (Å²) in [6.07, 6.45) is 5.18. The number of carbonyl (C=O) groups is 2. The molecule has 2 amide bonds. The molecule has 0 aliphatic carbocycles. The van der Waals surface area contributed by atoms with Gasteiger partial charge in [-0.25, -0.2) is 8.42 Å². The fourth-order valence-corrected chi connectivity index (χ4v) is 23.7. The first-order valence-electron chi connectivity index (χ1n) is 26.1. The van der Waals surface area contributed by atoms with Gasteiger partial charge < -0.3 is 23.8 Å². The molecule has 1 N–H and O–H groups in total. The zero-order chi connectivity index (χ0) is 53.8. The van der Waals surface area contributed by atoms with Crippen LogP contribution in [0.1, 0.15) is 126 Å². The number of hydrogen-bond acceptors (Lipinski definition) is 9. The van der Waals surface area contributed by atoms with E-state index in [1.54, 1.807) is 11.0 Å². The van der Waals surface area contributed by atoms with Gasteiger partial charge >= 0.3 is 0 Å². The molecule has 1 unspecified atom stereocenters. The maximum Gasteiger partial charge on any atom is 0.289 e. The second kappa shape index (κ2) is 29.4. The Morgan fingerprint density at radius 1 is 0.694 bits per heavy atom. The molecule has 0 saturated heterocycles. The van der Waals surface area contributed by atoms with Crippen molar-refractivity contribution in [2.75, 3.05) is 32.8 Å². The number of nitro groups is 1. The number of hydrogen-bond donors (Lipinski definition) is 1. The molecule has 0 aliphatic heterocycles. The summed E-state index contributed by atoms with van der Waals surface area (Å²) < 4.78 is 49.8. The lowest BCUT2D eigenvalue weighted by Crippen LogP contribution is -2.54. The van der Waals surface area contributed by atoms with Crippen LogP contribution in [0, 0.1) is 10.1 Å². The lowest BCUT2D eigenvalue weighted by Gasteiger charge is -2.42. The lowest BCUT2D eigenvalue weighted by atomic mass is 10.0. The van der Waals surface area contributed by atoms with Crippen molar-refractivity contribution in [1.29, 1.82) is 0 Å². The highest BCUT2D eigenvalue weighted by molar-refractivity contribution is 7.89. The van der Waals surface area contributed by atoms with Crippen molar-refractivity contribution in [2.45, 2.75) is 178 Å². The summed E-state index contributed by atoms with van der Waals surface area (Å²) in [5, 5.41) is 15.3. The molecule has 0 saturated carbocycles. The van der Waals surface area contributed by atoms with Crippen molar-refractivity contribution in [3.05, 3.63) is 125 Å². The fourth-order valence-electron chi connectivity index (χ4n) is 11.1. The highest BCUT2D eigenvalue weighted by Gasteiger charge is 2.46. The van der Waals surface area contributed by atoms with Gasteiger partial charge in [0, 0.05) is 51.4 Å². The van der Waals surface area contributed by atoms with Gasteiger partial charge in [0.15, 0.2) is 21.5 Å². The van der Waals surface area contributed by atoms with Crippen molar-refractivity contribution >= 4 is 44.2 Å². The van der Waals surface area contributed by atoms with Crippen LogP contribution in [0.25, 0.3) is 0 Å². The van der Waals surface area contributed by atoms with Gasteiger partial charge in [-0.1, -0.05) is 150 Å². The Kier molecular flexibility index (Phi) is 25.3. The number of rotatable bonds is 34. The molecule has 0 spiro atoms. The van der Waals surface area contributed by atoms with E-state index in [1.165, 1.54) is 24.3 Å². The van der Waals surface area contributed by atoms with Crippen molar-refractivity contribution in [1.82, 2.24) is 14.5 Å². The van der Waals surface area contributed by atoms with E-state index >= 15 is 4.79 Å². The third-order valence-electron chi connectivity index (χ3n) is 14.3. The summed E-state index contributed by atoms with van der Waals surface area (Å²) in [5.74, 6) is 0.0441. The number of nitrogens with zero attached hydrogens (tertiary/aromatic N) is 3. The van der Waals surface area contributed by atoms with E-state index in [0.717, 1.165) is 21.5 Å². The first kappa shape index (κ1) is 61.8. The van der Waals surface area contributed by atoms with E-state index < -0.39 is 60.2 Å². The topological polar surface area (TPSA) is 158 Å². The Hall–Kier alpha value is -4.46. The molecule has 72 heavy (non-hydrogen) atoms. The molecule has 3 aromatic carbocycles. The van der Waals surface area contributed by atoms with Crippen LogP contribution in [-0.2, 0) is 41.5 Å². The summed E-state index contributed by atoms with van der Waals surface area (Å²) in [5.41, 5.74) is 3.52. The summed E-state index contributed by atoms with van der Waals surface area (Å²) in [6, 6.07) is 21.1. The number of aryl methyl sites for hydroxylation is 1. The number of sulfonamides is 1. The van der Waals surface area contributed by atoms with E-state index in [2.05, 4.69) is 102 Å². The molecule has 13 nitrogen and oxygen atoms in total. The number of nitro benzene ring substituents is 1. The van der Waals surface area contributed by atoms with Gasteiger partial charge in [0.25, 0.3) is 5.69 Å². The largest absolute Gasteiger partial charge is 0.489 e. The van der Waals surface area contributed by atoms with Gasteiger partial charge in [-0.05, 0) is 94.7 Å². The third kappa shape index (κ3) is 16.5. The fraction of sp³-hybridized carbons (Fsp3) is 0.571. The molecule has 0 aromatic heterocycles. The van der Waals surface area contributed by atoms with Crippen molar-refractivity contribution in [3.63, 3.8) is 0 Å². The first-order valence-corrected chi connectivity index (χ1v) is 31.8. The maximum atomic E-state index is 15.1. The minimum atomic E-state index is -4.48. The maximum absolute atomic E-state index is 15.1. The summed E-state index contributed by atoms with van der Waals surface area (Å²) in [6.45, 7) is 35.4. The molecule has 3 aromatic rings. The Bertz CT molecular complexity index is 2230. The van der Waals surface area contributed by atoms with Crippen LogP contribution in [0.15, 0.2) is 109 Å². The minimum absolute atomic E-state index is 0.103. The lowest BCUT2D eigenvalue weighted by molar-refractivity contribution is -0.387. The van der Waals surface area contributed by atoms with Crippen molar-refractivity contribution in [2.24, 2.45) is 0 Å². The predicted octanol–water partition coefficient (Wildman–Crippen LogP) is 12.8. The number of amides is 2. The first-order chi connectivity index (χ1) is 34.0. The number of nitrogens with one attached hydrogen (secondary N) is 1. The van der Waals surface area contributed by atoms with E-state index in [1.807, 2.05) is 54.6 Å². The van der Waals surface area contributed by atoms with Gasteiger partial charge in [-0.3, -0.25) is 19.7 Å². The summed E-state index contributed by atoms with van der Waals surface area (Å²) in [7, 11) is -9.00. The summed E-state index contributed by atoms with van der Waals surface area (Å²) in [4.78, 5) is 42.2. The number of para-hydroxylation sites is 1. The molecule has 3 rings (SSSR count). The van der Waals surface area contributed by atoms with Gasteiger partial charge in [-0.15, -0.1) is 13.2 Å². The molecule has 400 valence electrons. The predicted molar refractivity (Wildman–Crippen MR) is 298 cm³/mol. The third-order valence-corrected chi connectivity index (χ3v) is 28.5. The highest BCUT2D eigenvalue weighted by atomic mass is 32.2. The van der Waals surface area contributed by atoms with E-state index in [4.69, 9.17) is 13.6 Å². The molecule has 0 bridgehead atoms. The Balaban J connectivity index is 2.04. The zero-order valence-corrected chi connectivity index (χ0v) is 48.4. The molecule has 0 radical (unpaired) electrons. The second-order valence-electron chi connectivity index (χ2n) is 20.9. The molecule has 0 heterocycles. The second-order valence-corrected chi connectivity index (χ2v) is 33.8. The van der Waals surface area contributed by atoms with Crippen molar-refractivity contribution < 1.29 is 36.5 Å². The normalized spacial score (nSPS) is 13.3. The number of benzene rings is 3. The van der Waals surface area contributed by atoms with Crippen LogP contribution in [0.5, 0.6) is 5.75 Å². The molecule has 0 fully saturated rings. The monoisotopic (exact) mass is 1050 g/mol. The smallest absolute Gasteiger partial charge is 0.289 e. The standard InChI is InChI=1S/C56H88N4O9SSi2/c1-15-36-58(70(65,66)54-29-21-20-27-52(54)60(63)64)40-50(26-22-38-68-71(42(3)4,43(5)6)44(7)8)57-56(62)53(28-23-39-69-72(45(9)10,46(11)12)47(13)14)59(37-16-2)55(61)35-32-48-30-33-51(34-31-48)67-41-49-24-18-17-19-25-49/h15-21,24-25,27,29-31,33-34,42-47,50,53H,1-2,22-23,26,28,32,35-41H2,3-14H3,(H,57,62)/t50-,53?/m1/s1. The van der Waals surface area contributed by atoms with Crippen LogP contribution in [-0.4, -0.2) is 95.9 Å². The highest BCUT2D eigenvalue weighted by Crippen LogP contribution is 2.43. The quantitative estimate of drug-likeness (QED) is 0.0202. The average Bonchev–Trinajstić information content (AvgIpc) is 3.32. The van der Waals surface area contributed by atoms with Crippen LogP contribution < -0.4 is 10.1 Å². The summed E-state index contributed by atoms with van der Waals surface area (Å²) >= 11 is 0. The van der Waals surface area contributed by atoms with E-state index in [0.29, 0.717) is 84.5 Å². The van der Waals surface area contributed by atoms with Gasteiger partial charge in [0.05, 0.1) is 4.92 Å². The SMILES string of the molecule is C=CCN(C(=O)CCc1ccc(OCc2ccccc2)cc1)C(CCCO[Si](C(C)C)(C(C)C)C(C)C)C(=O)N[C@H](CCCO[Si](C(C)C)(C(C)C)C(C)C)CN(CC=C)S(=O)(=O)c1ccccc1[N+](=O)[O-]. The average molecular weight is 1050 g/mol. The zero-order valence-electron chi connectivity index (χ0n) is 45.6. The minimum Gasteiger partial charge on any atom is -0.489 e. The molecule has 0 aliphatic rings. The van der Waals surface area contributed by atoms with Crippen LogP contribution in [0.2, 0.25) is 33.2 Å². The molecule has 2 atom stereocenters.